The van der Waals surface area contributed by atoms with Crippen molar-refractivity contribution in [1.82, 2.24) is 29.1 Å². The summed E-state index contributed by atoms with van der Waals surface area (Å²) in [6.07, 6.45) is 8.57. The monoisotopic (exact) mass is 405 g/mol. The summed E-state index contributed by atoms with van der Waals surface area (Å²) in [5, 5.41) is 8.17. The summed E-state index contributed by atoms with van der Waals surface area (Å²) in [6, 6.07) is 6.46. The number of ether oxygens (including phenoxy) is 1. The molecule has 8 nitrogen and oxygen atoms in total. The average Bonchev–Trinajstić information content (AvgIpc) is 3.30. The molecule has 1 aliphatic carbocycles. The lowest BCUT2D eigenvalue weighted by atomic mass is 9.93. The molecule has 1 N–H and O–H groups in total. The van der Waals surface area contributed by atoms with Gasteiger partial charge in [-0.2, -0.15) is 0 Å². The Morgan fingerprint density at radius 1 is 1.13 bits per heavy atom. The van der Waals surface area contributed by atoms with Crippen molar-refractivity contribution in [2.24, 2.45) is 7.05 Å². The molecule has 30 heavy (non-hydrogen) atoms. The molecule has 0 aliphatic heterocycles. The van der Waals surface area contributed by atoms with Crippen LogP contribution in [0.25, 0.3) is 27.9 Å². The van der Waals surface area contributed by atoms with E-state index in [4.69, 9.17) is 9.72 Å². The van der Waals surface area contributed by atoms with Gasteiger partial charge in [0.25, 0.3) is 0 Å². The summed E-state index contributed by atoms with van der Waals surface area (Å²) in [5.74, 6) is 1.61. The molecule has 1 saturated carbocycles. The average molecular weight is 406 g/mol. The lowest BCUT2D eigenvalue weighted by Gasteiger charge is -2.28. The van der Waals surface area contributed by atoms with Gasteiger partial charge in [-0.25, -0.2) is 19.5 Å². The van der Waals surface area contributed by atoms with Crippen molar-refractivity contribution >= 4 is 22.6 Å². The topological polar surface area (TPSA) is 82.2 Å². The normalized spacial score (nSPS) is 19.6. The van der Waals surface area contributed by atoms with Gasteiger partial charge in [-0.05, 0) is 57.7 Å². The van der Waals surface area contributed by atoms with Crippen LogP contribution in [0.5, 0.6) is 0 Å². The van der Waals surface area contributed by atoms with Crippen molar-refractivity contribution in [2.75, 3.05) is 11.9 Å². The number of aromatic nitrogens is 6. The third-order valence-electron chi connectivity index (χ3n) is 6.04. The van der Waals surface area contributed by atoms with E-state index in [2.05, 4.69) is 27.3 Å². The molecule has 0 radical (unpaired) electrons. The quantitative estimate of drug-likeness (QED) is 0.545. The van der Waals surface area contributed by atoms with E-state index in [1.807, 2.05) is 53.6 Å². The van der Waals surface area contributed by atoms with Crippen LogP contribution in [0.1, 0.15) is 38.4 Å². The number of fused-ring (bicyclic) bond motifs is 2. The molecule has 4 aromatic rings. The Labute approximate surface area is 175 Å². The molecule has 0 bridgehead atoms. The van der Waals surface area contributed by atoms with Gasteiger partial charge in [0.1, 0.15) is 11.3 Å². The van der Waals surface area contributed by atoms with Gasteiger partial charge in [-0.15, -0.1) is 5.10 Å². The van der Waals surface area contributed by atoms with Gasteiger partial charge in [0, 0.05) is 31.5 Å². The number of imidazole rings is 1. The molecule has 8 heteroatoms. The molecule has 0 saturated heterocycles. The van der Waals surface area contributed by atoms with E-state index in [1.54, 1.807) is 0 Å². The molecular formula is C22H27N7O. The second-order valence-electron chi connectivity index (χ2n) is 7.97. The maximum atomic E-state index is 5.74. The molecule has 0 aromatic carbocycles. The number of hydrogen-bond acceptors (Lipinski definition) is 6. The largest absolute Gasteiger partial charge is 0.379 e. The summed E-state index contributed by atoms with van der Waals surface area (Å²) >= 11 is 0. The van der Waals surface area contributed by atoms with Crippen molar-refractivity contribution in [1.29, 1.82) is 0 Å². The van der Waals surface area contributed by atoms with Gasteiger partial charge >= 0.3 is 0 Å². The van der Waals surface area contributed by atoms with E-state index in [9.17, 15) is 0 Å². The molecule has 0 spiro atoms. The fraction of sp³-hybridized carbons (Fsp3) is 0.455. The fourth-order valence-corrected chi connectivity index (χ4v) is 4.30. The number of nitrogens with zero attached hydrogens (tertiary/aromatic N) is 6. The molecule has 1 fully saturated rings. The molecular weight excluding hydrogens is 378 g/mol. The van der Waals surface area contributed by atoms with E-state index in [-0.39, 0.29) is 0 Å². The minimum absolute atomic E-state index is 0.395. The Balaban J connectivity index is 1.37. The SMILES string of the molecule is CCO[C@H]1CC[C@H](Nc2ncc3c(-c4ccc5nc(C)n(C)c5n4)ccn3n2)CC1. The zero-order valence-corrected chi connectivity index (χ0v) is 17.7. The zero-order chi connectivity index (χ0) is 20.7. The predicted octanol–water partition coefficient (Wildman–Crippen LogP) is 3.75. The van der Waals surface area contributed by atoms with E-state index in [0.29, 0.717) is 18.1 Å². The van der Waals surface area contributed by atoms with Gasteiger partial charge in [0.2, 0.25) is 5.95 Å². The zero-order valence-electron chi connectivity index (χ0n) is 17.7. The number of hydrogen-bond donors (Lipinski definition) is 1. The Morgan fingerprint density at radius 3 is 2.77 bits per heavy atom. The van der Waals surface area contributed by atoms with Crippen LogP contribution < -0.4 is 5.32 Å². The predicted molar refractivity (Wildman–Crippen MR) is 117 cm³/mol. The van der Waals surface area contributed by atoms with E-state index < -0.39 is 0 Å². The van der Waals surface area contributed by atoms with Crippen LogP contribution in [0.3, 0.4) is 0 Å². The Morgan fingerprint density at radius 2 is 1.97 bits per heavy atom. The molecule has 0 amide bonds. The van der Waals surface area contributed by atoms with Crippen LogP contribution in [0.4, 0.5) is 5.95 Å². The van der Waals surface area contributed by atoms with E-state index >= 15 is 0 Å². The highest BCUT2D eigenvalue weighted by Crippen LogP contribution is 2.27. The van der Waals surface area contributed by atoms with E-state index in [1.165, 1.54) is 0 Å². The lowest BCUT2D eigenvalue weighted by Crippen LogP contribution is -2.30. The standard InChI is InChI=1S/C22H27N7O/c1-4-30-16-7-5-15(6-8-16)25-22-23-13-20-17(11-12-29(20)27-22)18-9-10-19-21(26-18)28(3)14(2)24-19/h9-13,15-16H,4-8H2,1-3H3,(H,25,27)/t15-,16-. The van der Waals surface area contributed by atoms with Crippen LogP contribution >= 0.6 is 0 Å². The minimum Gasteiger partial charge on any atom is -0.379 e. The minimum atomic E-state index is 0.395. The van der Waals surface area contributed by atoms with Crippen molar-refractivity contribution < 1.29 is 4.74 Å². The molecule has 156 valence electrons. The number of anilines is 1. The number of aryl methyl sites for hydroxylation is 2. The van der Waals surface area contributed by atoms with Crippen LogP contribution in [0.2, 0.25) is 0 Å². The Kier molecular flexibility index (Phi) is 4.86. The van der Waals surface area contributed by atoms with Crippen molar-refractivity contribution in [2.45, 2.75) is 51.7 Å². The first-order valence-electron chi connectivity index (χ1n) is 10.7. The molecule has 0 unspecified atom stereocenters. The van der Waals surface area contributed by atoms with Crippen molar-refractivity contribution in [3.05, 3.63) is 36.4 Å². The van der Waals surface area contributed by atoms with Crippen LogP contribution in [0, 0.1) is 6.92 Å². The van der Waals surface area contributed by atoms with Gasteiger partial charge in [-0.1, -0.05) is 0 Å². The molecule has 5 rings (SSSR count). The second-order valence-corrected chi connectivity index (χ2v) is 7.97. The summed E-state index contributed by atoms with van der Waals surface area (Å²) in [5.41, 5.74) is 4.63. The number of nitrogens with one attached hydrogen (secondary N) is 1. The second kappa shape index (κ2) is 7.68. The van der Waals surface area contributed by atoms with Gasteiger partial charge in [0.15, 0.2) is 5.65 Å². The molecule has 4 heterocycles. The Hall–Kier alpha value is -3.00. The third kappa shape index (κ3) is 3.41. The summed E-state index contributed by atoms with van der Waals surface area (Å²) < 4.78 is 9.63. The van der Waals surface area contributed by atoms with Crippen molar-refractivity contribution in [3.8, 4) is 11.3 Å². The summed E-state index contributed by atoms with van der Waals surface area (Å²) in [4.78, 5) is 13.9. The highest BCUT2D eigenvalue weighted by Gasteiger charge is 2.22. The molecule has 1 aliphatic rings. The smallest absolute Gasteiger partial charge is 0.241 e. The summed E-state index contributed by atoms with van der Waals surface area (Å²) in [7, 11) is 1.99. The molecule has 4 aromatic heterocycles. The van der Waals surface area contributed by atoms with Crippen LogP contribution in [-0.2, 0) is 11.8 Å². The van der Waals surface area contributed by atoms with Gasteiger partial charge < -0.3 is 14.6 Å². The number of pyridine rings is 1. The highest BCUT2D eigenvalue weighted by molar-refractivity contribution is 5.82. The maximum absolute atomic E-state index is 5.74. The first-order valence-corrected chi connectivity index (χ1v) is 10.7. The Bertz CT molecular complexity index is 1190. The third-order valence-corrected chi connectivity index (χ3v) is 6.04. The first kappa shape index (κ1) is 19.0. The summed E-state index contributed by atoms with van der Waals surface area (Å²) in [6.45, 7) is 4.84. The van der Waals surface area contributed by atoms with Gasteiger partial charge in [-0.3, -0.25) is 0 Å². The fourth-order valence-electron chi connectivity index (χ4n) is 4.30. The maximum Gasteiger partial charge on any atom is 0.241 e. The molecule has 0 atom stereocenters. The number of rotatable bonds is 5. The van der Waals surface area contributed by atoms with Crippen LogP contribution in [0.15, 0.2) is 30.6 Å². The lowest BCUT2D eigenvalue weighted by molar-refractivity contribution is 0.0346. The van der Waals surface area contributed by atoms with E-state index in [0.717, 1.165) is 66.1 Å². The van der Waals surface area contributed by atoms with Crippen LogP contribution in [-0.4, -0.2) is 47.9 Å². The van der Waals surface area contributed by atoms with Crippen molar-refractivity contribution in [3.63, 3.8) is 0 Å². The van der Waals surface area contributed by atoms with Gasteiger partial charge in [0.05, 0.1) is 23.5 Å². The highest BCUT2D eigenvalue weighted by atomic mass is 16.5. The first-order chi connectivity index (χ1) is 14.6.